The lowest BCUT2D eigenvalue weighted by Crippen LogP contribution is -2.31. The van der Waals surface area contributed by atoms with Gasteiger partial charge in [-0.2, -0.15) is 10.2 Å². The molecule has 1 amide bonds. The van der Waals surface area contributed by atoms with Crippen LogP contribution in [-0.4, -0.2) is 34.9 Å². The van der Waals surface area contributed by atoms with Gasteiger partial charge in [0.05, 0.1) is 31.4 Å². The number of anilines is 1. The van der Waals surface area contributed by atoms with Gasteiger partial charge in [-0.05, 0) is 42.8 Å². The molecule has 0 bridgehead atoms. The first-order chi connectivity index (χ1) is 15.0. The molecular formula is C22H20N6O3. The molecule has 3 N–H and O–H groups in total. The van der Waals surface area contributed by atoms with Crippen LogP contribution in [0.4, 0.5) is 5.95 Å². The summed E-state index contributed by atoms with van der Waals surface area (Å²) in [6.45, 7) is 1.77. The van der Waals surface area contributed by atoms with Crippen LogP contribution in [0.25, 0.3) is 11.4 Å². The number of nitrogens with one attached hydrogen (secondary N) is 1. The van der Waals surface area contributed by atoms with Crippen molar-refractivity contribution in [2.75, 3.05) is 19.5 Å². The summed E-state index contributed by atoms with van der Waals surface area (Å²) < 4.78 is 12.3. The van der Waals surface area contributed by atoms with Crippen LogP contribution in [0.1, 0.15) is 24.1 Å². The van der Waals surface area contributed by atoms with E-state index in [0.29, 0.717) is 40.1 Å². The topological polar surface area (TPSA) is 128 Å². The zero-order valence-corrected chi connectivity index (χ0v) is 17.2. The van der Waals surface area contributed by atoms with Gasteiger partial charge in [-0.1, -0.05) is 12.1 Å². The van der Waals surface area contributed by atoms with E-state index in [9.17, 15) is 4.79 Å². The molecule has 3 aromatic rings. The van der Waals surface area contributed by atoms with E-state index in [-0.39, 0.29) is 0 Å². The molecule has 0 fully saturated rings. The van der Waals surface area contributed by atoms with Gasteiger partial charge >= 0.3 is 0 Å². The van der Waals surface area contributed by atoms with E-state index >= 15 is 0 Å². The standard InChI is InChI=1S/C22H20N6O3/c1-12-18(20(24)29)19(14-6-4-13(11-23)5-7-14)28-22(25-12)26-21(27-28)15-8-9-16(30-2)17(10-15)31-3/h4-10,19H,1-3H3,(H2,24,29)(H,25,26,27). The molecular weight excluding hydrogens is 396 g/mol. The SMILES string of the molecule is COc1ccc(-c2nc3n(n2)C(c2ccc(C#N)cc2)C(C(N)=O)=C(C)N3)cc1OC. The number of allylic oxidation sites excluding steroid dienone is 1. The monoisotopic (exact) mass is 416 g/mol. The molecule has 0 saturated carbocycles. The fourth-order valence-corrected chi connectivity index (χ4v) is 3.62. The highest BCUT2D eigenvalue weighted by molar-refractivity contribution is 5.95. The number of nitrogens with two attached hydrogens (primary N) is 1. The van der Waals surface area contributed by atoms with E-state index in [0.717, 1.165) is 11.1 Å². The van der Waals surface area contributed by atoms with E-state index in [4.69, 9.17) is 20.5 Å². The van der Waals surface area contributed by atoms with Crippen LogP contribution in [0.5, 0.6) is 11.5 Å². The zero-order valence-electron chi connectivity index (χ0n) is 17.2. The zero-order chi connectivity index (χ0) is 22.1. The highest BCUT2D eigenvalue weighted by Crippen LogP contribution is 2.37. The van der Waals surface area contributed by atoms with Gasteiger partial charge in [0.2, 0.25) is 11.9 Å². The minimum absolute atomic E-state index is 0.376. The Hall–Kier alpha value is -4.32. The number of amides is 1. The maximum Gasteiger partial charge on any atom is 0.248 e. The van der Waals surface area contributed by atoms with Crippen LogP contribution in [0.3, 0.4) is 0 Å². The Morgan fingerprint density at radius 1 is 1.16 bits per heavy atom. The lowest BCUT2D eigenvalue weighted by atomic mass is 9.95. The van der Waals surface area contributed by atoms with Crippen molar-refractivity contribution in [1.82, 2.24) is 14.8 Å². The number of hydrogen-bond donors (Lipinski definition) is 2. The molecule has 9 heteroatoms. The van der Waals surface area contributed by atoms with Crippen molar-refractivity contribution in [2.45, 2.75) is 13.0 Å². The van der Waals surface area contributed by atoms with E-state index in [2.05, 4.69) is 21.5 Å². The van der Waals surface area contributed by atoms with E-state index in [1.165, 1.54) is 0 Å². The number of nitrogens with zero attached hydrogens (tertiary/aromatic N) is 4. The van der Waals surface area contributed by atoms with Gasteiger partial charge in [0.25, 0.3) is 0 Å². The minimum Gasteiger partial charge on any atom is -0.493 e. The van der Waals surface area contributed by atoms with Crippen molar-refractivity contribution in [3.8, 4) is 29.0 Å². The average Bonchev–Trinajstić information content (AvgIpc) is 3.21. The smallest absolute Gasteiger partial charge is 0.248 e. The largest absolute Gasteiger partial charge is 0.493 e. The second-order valence-corrected chi connectivity index (χ2v) is 6.94. The number of ether oxygens (including phenoxy) is 2. The van der Waals surface area contributed by atoms with Gasteiger partial charge in [-0.25, -0.2) is 4.68 Å². The predicted octanol–water partition coefficient (Wildman–Crippen LogP) is 2.61. The maximum absolute atomic E-state index is 12.3. The summed E-state index contributed by atoms with van der Waals surface area (Å²) in [6, 6.07) is 13.9. The Kier molecular flexibility index (Phi) is 5.05. The Labute approximate surface area is 178 Å². The summed E-state index contributed by atoms with van der Waals surface area (Å²) >= 11 is 0. The maximum atomic E-state index is 12.3. The first-order valence-electron chi connectivity index (χ1n) is 9.43. The van der Waals surface area contributed by atoms with Crippen LogP contribution in [0.15, 0.2) is 53.7 Å². The van der Waals surface area contributed by atoms with E-state index < -0.39 is 11.9 Å². The number of carbonyl (C=O) groups excluding carboxylic acids is 1. The molecule has 9 nitrogen and oxygen atoms in total. The van der Waals surface area contributed by atoms with Gasteiger partial charge in [-0.15, -0.1) is 5.10 Å². The lowest BCUT2D eigenvalue weighted by molar-refractivity contribution is -0.115. The van der Waals surface area contributed by atoms with Crippen molar-refractivity contribution < 1.29 is 14.3 Å². The van der Waals surface area contributed by atoms with Gasteiger partial charge in [-0.3, -0.25) is 4.79 Å². The Morgan fingerprint density at radius 3 is 2.48 bits per heavy atom. The number of methoxy groups -OCH3 is 2. The molecule has 1 aliphatic rings. The van der Waals surface area contributed by atoms with Gasteiger partial charge in [0.15, 0.2) is 17.3 Å². The van der Waals surface area contributed by atoms with Crippen LogP contribution in [-0.2, 0) is 4.79 Å². The predicted molar refractivity (Wildman–Crippen MR) is 113 cm³/mol. The summed E-state index contributed by atoms with van der Waals surface area (Å²) in [5.74, 6) is 1.50. The minimum atomic E-state index is -0.581. The molecule has 0 aliphatic carbocycles. The van der Waals surface area contributed by atoms with E-state index in [1.807, 2.05) is 6.07 Å². The van der Waals surface area contributed by atoms with Crippen molar-refractivity contribution in [3.63, 3.8) is 0 Å². The van der Waals surface area contributed by atoms with Crippen molar-refractivity contribution in [2.24, 2.45) is 5.73 Å². The van der Waals surface area contributed by atoms with Crippen molar-refractivity contribution in [1.29, 1.82) is 5.26 Å². The van der Waals surface area contributed by atoms with Crippen LogP contribution < -0.4 is 20.5 Å². The number of benzene rings is 2. The second kappa shape index (κ2) is 7.84. The van der Waals surface area contributed by atoms with Crippen molar-refractivity contribution >= 4 is 11.9 Å². The fraction of sp³-hybridized carbons (Fsp3) is 0.182. The molecule has 2 aromatic carbocycles. The van der Waals surface area contributed by atoms with Crippen LogP contribution in [0, 0.1) is 11.3 Å². The number of primary amides is 1. The number of carbonyl (C=O) groups is 1. The number of rotatable bonds is 5. The summed E-state index contributed by atoms with van der Waals surface area (Å²) in [5, 5.41) is 16.9. The molecule has 2 heterocycles. The molecule has 1 atom stereocenters. The first kappa shape index (κ1) is 20.0. The first-order valence-corrected chi connectivity index (χ1v) is 9.43. The average molecular weight is 416 g/mol. The highest BCUT2D eigenvalue weighted by Gasteiger charge is 2.33. The van der Waals surface area contributed by atoms with Gasteiger partial charge in [0.1, 0.15) is 6.04 Å². The molecule has 156 valence electrons. The molecule has 0 radical (unpaired) electrons. The Bertz CT molecular complexity index is 1240. The normalized spacial score (nSPS) is 15.0. The summed E-state index contributed by atoms with van der Waals surface area (Å²) in [6.07, 6.45) is 0. The molecule has 1 aromatic heterocycles. The van der Waals surface area contributed by atoms with Crippen LogP contribution >= 0.6 is 0 Å². The number of fused-ring (bicyclic) bond motifs is 1. The number of hydrogen-bond acceptors (Lipinski definition) is 7. The highest BCUT2D eigenvalue weighted by atomic mass is 16.5. The van der Waals surface area contributed by atoms with E-state index in [1.54, 1.807) is 62.2 Å². The quantitative estimate of drug-likeness (QED) is 0.654. The van der Waals surface area contributed by atoms with Crippen LogP contribution in [0.2, 0.25) is 0 Å². The van der Waals surface area contributed by atoms with Crippen molar-refractivity contribution in [3.05, 3.63) is 64.9 Å². The molecule has 4 rings (SSSR count). The molecule has 1 unspecified atom stereocenters. The Balaban J connectivity index is 1.84. The molecule has 1 aliphatic heterocycles. The van der Waals surface area contributed by atoms with Gasteiger partial charge in [0, 0.05) is 11.3 Å². The Morgan fingerprint density at radius 2 is 1.87 bits per heavy atom. The third-order valence-corrected chi connectivity index (χ3v) is 5.12. The number of aromatic nitrogens is 3. The third kappa shape index (κ3) is 3.44. The summed E-state index contributed by atoms with van der Waals surface area (Å²) in [4.78, 5) is 16.9. The third-order valence-electron chi connectivity index (χ3n) is 5.12. The summed E-state index contributed by atoms with van der Waals surface area (Å²) in [7, 11) is 3.12. The lowest BCUT2D eigenvalue weighted by Gasteiger charge is -2.27. The molecule has 31 heavy (non-hydrogen) atoms. The second-order valence-electron chi connectivity index (χ2n) is 6.94. The fourth-order valence-electron chi connectivity index (χ4n) is 3.62. The molecule has 0 saturated heterocycles. The number of nitriles is 1. The van der Waals surface area contributed by atoms with Gasteiger partial charge < -0.3 is 20.5 Å². The molecule has 0 spiro atoms. The summed E-state index contributed by atoms with van der Waals surface area (Å²) in [5.41, 5.74) is 8.68.